The summed E-state index contributed by atoms with van der Waals surface area (Å²) in [4.78, 5) is 0.432. The summed E-state index contributed by atoms with van der Waals surface area (Å²) in [6.07, 6.45) is 1.18. The minimum absolute atomic E-state index is 0.267. The van der Waals surface area contributed by atoms with Crippen LogP contribution in [0.4, 0.5) is 4.39 Å². The van der Waals surface area contributed by atoms with Crippen molar-refractivity contribution >= 4 is 17.2 Å². The highest BCUT2D eigenvalue weighted by Crippen LogP contribution is 2.21. The monoisotopic (exact) mass is 227 g/mol. The van der Waals surface area contributed by atoms with E-state index in [0.717, 1.165) is 5.56 Å². The average molecular weight is 227 g/mol. The van der Waals surface area contributed by atoms with Gasteiger partial charge >= 0.3 is 0 Å². The third-order valence-electron chi connectivity index (χ3n) is 1.96. The maximum atomic E-state index is 13.0. The molecule has 0 unspecified atom stereocenters. The van der Waals surface area contributed by atoms with Crippen molar-refractivity contribution in [3.63, 3.8) is 0 Å². The fourth-order valence-electron chi connectivity index (χ4n) is 1.30. The van der Waals surface area contributed by atoms with E-state index in [9.17, 15) is 4.39 Å². The molecule has 0 aromatic heterocycles. The summed E-state index contributed by atoms with van der Waals surface area (Å²) in [5, 5.41) is 0. The second-order valence-corrected chi connectivity index (χ2v) is 3.68. The van der Waals surface area contributed by atoms with Gasteiger partial charge < -0.3 is 10.5 Å². The predicted molar refractivity (Wildman–Crippen MR) is 62.7 cm³/mol. The van der Waals surface area contributed by atoms with E-state index in [1.165, 1.54) is 12.1 Å². The first-order valence-corrected chi connectivity index (χ1v) is 5.24. The molecular weight excluding hydrogens is 213 g/mol. The summed E-state index contributed by atoms with van der Waals surface area (Å²) in [6.45, 7) is 2.45. The normalized spacial score (nSPS) is 10.0. The van der Waals surface area contributed by atoms with Crippen molar-refractivity contribution in [1.82, 2.24) is 0 Å². The fourth-order valence-corrected chi connectivity index (χ4v) is 1.40. The minimum atomic E-state index is -0.267. The van der Waals surface area contributed by atoms with Crippen molar-refractivity contribution in [3.05, 3.63) is 29.6 Å². The first kappa shape index (κ1) is 11.9. The van der Waals surface area contributed by atoms with Crippen molar-refractivity contribution in [2.45, 2.75) is 19.8 Å². The molecule has 0 fully saturated rings. The van der Waals surface area contributed by atoms with Crippen LogP contribution in [0.1, 0.15) is 18.9 Å². The molecule has 1 rings (SSSR count). The van der Waals surface area contributed by atoms with Gasteiger partial charge in [-0.2, -0.15) is 0 Å². The Balaban J connectivity index is 2.81. The number of benzene rings is 1. The molecule has 1 aromatic carbocycles. The molecule has 2 nitrogen and oxygen atoms in total. The molecule has 0 aliphatic rings. The zero-order valence-electron chi connectivity index (χ0n) is 8.63. The lowest BCUT2D eigenvalue weighted by Crippen LogP contribution is -2.09. The Morgan fingerprint density at radius 3 is 2.87 bits per heavy atom. The Hall–Kier alpha value is -1.16. The number of hydrogen-bond donors (Lipinski definition) is 1. The lowest BCUT2D eigenvalue weighted by atomic mass is 10.1. The van der Waals surface area contributed by atoms with Crippen LogP contribution in [0.5, 0.6) is 5.75 Å². The maximum absolute atomic E-state index is 13.0. The Bertz CT molecular complexity index is 354. The van der Waals surface area contributed by atoms with Crippen molar-refractivity contribution in [2.75, 3.05) is 6.61 Å². The van der Waals surface area contributed by atoms with Gasteiger partial charge in [-0.15, -0.1) is 0 Å². The molecule has 4 heteroatoms. The summed E-state index contributed by atoms with van der Waals surface area (Å²) in [5.74, 6) is 0.437. The number of rotatable bonds is 5. The van der Waals surface area contributed by atoms with Gasteiger partial charge in [0.25, 0.3) is 0 Å². The van der Waals surface area contributed by atoms with Gasteiger partial charge in [0.15, 0.2) is 0 Å². The van der Waals surface area contributed by atoms with Crippen LogP contribution < -0.4 is 10.5 Å². The van der Waals surface area contributed by atoms with Crippen molar-refractivity contribution < 1.29 is 9.13 Å². The first-order chi connectivity index (χ1) is 7.13. The molecule has 1 aromatic rings. The highest BCUT2D eigenvalue weighted by atomic mass is 32.1. The first-order valence-electron chi connectivity index (χ1n) is 4.83. The molecule has 82 valence electrons. The standard InChI is InChI=1S/C11H14FNOS/c1-2-14-10-5-4-9(12)7-8(10)3-6-11(13)15/h4-5,7H,2-3,6H2,1H3,(H2,13,15). The fraction of sp³-hybridized carbons (Fsp3) is 0.364. The van der Waals surface area contributed by atoms with Gasteiger partial charge in [-0.1, -0.05) is 12.2 Å². The number of hydrogen-bond acceptors (Lipinski definition) is 2. The Kier molecular flexibility index (Phi) is 4.49. The van der Waals surface area contributed by atoms with Crippen LogP contribution >= 0.6 is 12.2 Å². The zero-order valence-corrected chi connectivity index (χ0v) is 9.44. The molecule has 0 atom stereocenters. The van der Waals surface area contributed by atoms with E-state index in [2.05, 4.69) is 0 Å². The second-order valence-electron chi connectivity index (χ2n) is 3.15. The molecule has 0 saturated carbocycles. The lowest BCUT2D eigenvalue weighted by Gasteiger charge is -2.09. The van der Waals surface area contributed by atoms with Gasteiger partial charge in [-0.05, 0) is 37.1 Å². The van der Waals surface area contributed by atoms with Crippen molar-refractivity contribution in [3.8, 4) is 5.75 Å². The predicted octanol–water partition coefficient (Wildman–Crippen LogP) is 2.44. The summed E-state index contributed by atoms with van der Waals surface area (Å²) < 4.78 is 18.4. The molecular formula is C11H14FNOS. The van der Waals surface area contributed by atoms with Gasteiger partial charge in [-0.3, -0.25) is 0 Å². The Morgan fingerprint density at radius 1 is 1.53 bits per heavy atom. The van der Waals surface area contributed by atoms with E-state index < -0.39 is 0 Å². The van der Waals surface area contributed by atoms with Crippen LogP contribution in [0.3, 0.4) is 0 Å². The molecule has 2 N–H and O–H groups in total. The van der Waals surface area contributed by atoms with Gasteiger partial charge in [0, 0.05) is 6.42 Å². The molecule has 0 amide bonds. The second kappa shape index (κ2) is 5.66. The van der Waals surface area contributed by atoms with Gasteiger partial charge in [0.1, 0.15) is 11.6 Å². The van der Waals surface area contributed by atoms with Crippen molar-refractivity contribution in [2.24, 2.45) is 5.73 Å². The molecule has 0 saturated heterocycles. The summed E-state index contributed by atoms with van der Waals surface area (Å²) in [5.41, 5.74) is 6.21. The van der Waals surface area contributed by atoms with Gasteiger partial charge in [0.05, 0.1) is 11.6 Å². The summed E-state index contributed by atoms with van der Waals surface area (Å²) in [6, 6.07) is 4.48. The Morgan fingerprint density at radius 2 is 2.27 bits per heavy atom. The quantitative estimate of drug-likeness (QED) is 0.785. The smallest absolute Gasteiger partial charge is 0.123 e. The number of aryl methyl sites for hydroxylation is 1. The van der Waals surface area contributed by atoms with Crippen LogP contribution in [0.2, 0.25) is 0 Å². The van der Waals surface area contributed by atoms with E-state index in [4.69, 9.17) is 22.7 Å². The highest BCUT2D eigenvalue weighted by molar-refractivity contribution is 7.80. The van der Waals surface area contributed by atoms with E-state index in [1.807, 2.05) is 6.92 Å². The largest absolute Gasteiger partial charge is 0.494 e. The number of ether oxygens (including phenoxy) is 1. The van der Waals surface area contributed by atoms with Crippen LogP contribution in [0, 0.1) is 5.82 Å². The molecule has 0 heterocycles. The zero-order chi connectivity index (χ0) is 11.3. The van der Waals surface area contributed by atoms with E-state index in [-0.39, 0.29) is 5.82 Å². The van der Waals surface area contributed by atoms with Gasteiger partial charge in [-0.25, -0.2) is 4.39 Å². The van der Waals surface area contributed by atoms with Crippen molar-refractivity contribution in [1.29, 1.82) is 0 Å². The summed E-state index contributed by atoms with van der Waals surface area (Å²) in [7, 11) is 0. The van der Waals surface area contributed by atoms with E-state index >= 15 is 0 Å². The summed E-state index contributed by atoms with van der Waals surface area (Å²) >= 11 is 4.78. The number of nitrogens with two attached hydrogens (primary N) is 1. The average Bonchev–Trinajstić information content (AvgIpc) is 2.18. The highest BCUT2D eigenvalue weighted by Gasteiger charge is 2.05. The number of halogens is 1. The van der Waals surface area contributed by atoms with Crippen LogP contribution in [-0.2, 0) is 6.42 Å². The maximum Gasteiger partial charge on any atom is 0.123 e. The molecule has 15 heavy (non-hydrogen) atoms. The number of thiocarbonyl (C=S) groups is 1. The van der Waals surface area contributed by atoms with Crippen LogP contribution in [0.25, 0.3) is 0 Å². The van der Waals surface area contributed by atoms with Crippen LogP contribution in [0.15, 0.2) is 18.2 Å². The van der Waals surface area contributed by atoms with Crippen LogP contribution in [-0.4, -0.2) is 11.6 Å². The van der Waals surface area contributed by atoms with Gasteiger partial charge in [0.2, 0.25) is 0 Å². The molecule has 0 spiro atoms. The third-order valence-corrected chi connectivity index (χ3v) is 2.17. The minimum Gasteiger partial charge on any atom is -0.494 e. The third kappa shape index (κ3) is 3.83. The SMILES string of the molecule is CCOc1ccc(F)cc1CCC(N)=S. The molecule has 0 aliphatic carbocycles. The molecule has 0 aliphatic heterocycles. The molecule has 0 radical (unpaired) electrons. The topological polar surface area (TPSA) is 35.2 Å². The molecule has 0 bridgehead atoms. The van der Waals surface area contributed by atoms with E-state index in [1.54, 1.807) is 6.07 Å². The Labute approximate surface area is 94.2 Å². The lowest BCUT2D eigenvalue weighted by molar-refractivity contribution is 0.336. The van der Waals surface area contributed by atoms with E-state index in [0.29, 0.717) is 30.2 Å².